The summed E-state index contributed by atoms with van der Waals surface area (Å²) in [6.07, 6.45) is 0.376. The van der Waals surface area contributed by atoms with E-state index in [0.29, 0.717) is 17.0 Å². The van der Waals surface area contributed by atoms with Crippen LogP contribution in [0.1, 0.15) is 25.0 Å². The minimum absolute atomic E-state index is 0.0492. The van der Waals surface area contributed by atoms with E-state index in [2.05, 4.69) is 0 Å². The summed E-state index contributed by atoms with van der Waals surface area (Å²) in [5.41, 5.74) is 0.575. The van der Waals surface area contributed by atoms with Crippen molar-refractivity contribution >= 4 is 17.3 Å². The van der Waals surface area contributed by atoms with E-state index in [1.807, 2.05) is 6.92 Å². The van der Waals surface area contributed by atoms with Crippen molar-refractivity contribution in [1.29, 1.82) is 0 Å². The molecule has 1 atom stereocenters. The molecule has 1 aromatic carbocycles. The van der Waals surface area contributed by atoms with Crippen LogP contribution >= 0.6 is 11.6 Å². The first-order valence-electron chi connectivity index (χ1n) is 4.56. The molecule has 4 nitrogen and oxygen atoms in total. The van der Waals surface area contributed by atoms with Gasteiger partial charge in [0, 0.05) is 18.2 Å². The molecule has 0 aliphatic heterocycles. The fourth-order valence-corrected chi connectivity index (χ4v) is 1.64. The third-order valence-electron chi connectivity index (χ3n) is 2.19. The fraction of sp³-hybridized carbons (Fsp3) is 0.400. The summed E-state index contributed by atoms with van der Waals surface area (Å²) >= 11 is 5.80. The molecule has 0 fully saturated rings. The highest BCUT2D eigenvalue weighted by Gasteiger charge is 2.20. The SMILES string of the molecule is CCC(OC)c1cc(Cl)ccc1[N+](=O)[O-]. The summed E-state index contributed by atoms with van der Waals surface area (Å²) in [5, 5.41) is 11.3. The number of methoxy groups -OCH3 is 1. The van der Waals surface area contributed by atoms with Gasteiger partial charge in [-0.25, -0.2) is 0 Å². The summed E-state index contributed by atoms with van der Waals surface area (Å²) in [4.78, 5) is 10.4. The summed E-state index contributed by atoms with van der Waals surface area (Å²) in [5.74, 6) is 0. The Balaban J connectivity index is 3.22. The summed E-state index contributed by atoms with van der Waals surface area (Å²) in [6.45, 7) is 1.90. The average molecular weight is 230 g/mol. The highest BCUT2D eigenvalue weighted by atomic mass is 35.5. The van der Waals surface area contributed by atoms with Gasteiger partial charge in [-0.2, -0.15) is 0 Å². The summed E-state index contributed by atoms with van der Waals surface area (Å²) in [7, 11) is 1.53. The maximum absolute atomic E-state index is 10.8. The van der Waals surface area contributed by atoms with Crippen LogP contribution in [0.3, 0.4) is 0 Å². The van der Waals surface area contributed by atoms with E-state index in [1.54, 1.807) is 6.07 Å². The molecule has 1 aromatic rings. The number of rotatable bonds is 4. The van der Waals surface area contributed by atoms with E-state index in [1.165, 1.54) is 19.2 Å². The Morgan fingerprint density at radius 1 is 1.60 bits per heavy atom. The molecule has 0 amide bonds. The lowest BCUT2D eigenvalue weighted by atomic mass is 10.1. The minimum atomic E-state index is -0.423. The second-order valence-corrected chi connectivity index (χ2v) is 3.53. The van der Waals surface area contributed by atoms with E-state index in [-0.39, 0.29) is 11.8 Å². The van der Waals surface area contributed by atoms with Crippen molar-refractivity contribution in [2.24, 2.45) is 0 Å². The maximum atomic E-state index is 10.8. The molecule has 82 valence electrons. The molecule has 0 heterocycles. The highest BCUT2D eigenvalue weighted by Crippen LogP contribution is 2.31. The number of nitro groups is 1. The zero-order chi connectivity index (χ0) is 11.4. The molecular weight excluding hydrogens is 218 g/mol. The Bertz CT molecular complexity index is 364. The first-order chi connectivity index (χ1) is 7.10. The van der Waals surface area contributed by atoms with Crippen molar-refractivity contribution in [3.63, 3.8) is 0 Å². The molecule has 0 saturated carbocycles. The van der Waals surface area contributed by atoms with Gasteiger partial charge in [-0.05, 0) is 18.6 Å². The smallest absolute Gasteiger partial charge is 0.275 e. The lowest BCUT2D eigenvalue weighted by Gasteiger charge is -2.13. The van der Waals surface area contributed by atoms with Crippen molar-refractivity contribution in [1.82, 2.24) is 0 Å². The fourth-order valence-electron chi connectivity index (χ4n) is 1.46. The van der Waals surface area contributed by atoms with Crippen molar-refractivity contribution < 1.29 is 9.66 Å². The molecule has 15 heavy (non-hydrogen) atoms. The van der Waals surface area contributed by atoms with E-state index in [0.717, 1.165) is 0 Å². The van der Waals surface area contributed by atoms with Gasteiger partial charge < -0.3 is 4.74 Å². The quantitative estimate of drug-likeness (QED) is 0.588. The largest absolute Gasteiger partial charge is 0.377 e. The van der Waals surface area contributed by atoms with E-state index in [9.17, 15) is 10.1 Å². The van der Waals surface area contributed by atoms with Crippen LogP contribution in [0.2, 0.25) is 5.02 Å². The van der Waals surface area contributed by atoms with Crippen LogP contribution in [0.5, 0.6) is 0 Å². The molecule has 0 N–H and O–H groups in total. The van der Waals surface area contributed by atoms with Gasteiger partial charge in [-0.15, -0.1) is 0 Å². The van der Waals surface area contributed by atoms with Gasteiger partial charge in [0.05, 0.1) is 16.6 Å². The molecule has 0 saturated heterocycles. The predicted molar refractivity (Wildman–Crippen MR) is 58.1 cm³/mol. The normalized spacial score (nSPS) is 12.5. The number of nitrogens with zero attached hydrogens (tertiary/aromatic N) is 1. The van der Waals surface area contributed by atoms with E-state index < -0.39 is 4.92 Å². The van der Waals surface area contributed by atoms with Gasteiger partial charge in [-0.1, -0.05) is 18.5 Å². The highest BCUT2D eigenvalue weighted by molar-refractivity contribution is 6.30. The number of halogens is 1. The molecule has 0 aromatic heterocycles. The Morgan fingerprint density at radius 3 is 2.73 bits per heavy atom. The van der Waals surface area contributed by atoms with Crippen LogP contribution in [-0.4, -0.2) is 12.0 Å². The zero-order valence-corrected chi connectivity index (χ0v) is 9.32. The van der Waals surface area contributed by atoms with Gasteiger partial charge in [0.25, 0.3) is 5.69 Å². The molecule has 0 bridgehead atoms. The number of benzene rings is 1. The first-order valence-corrected chi connectivity index (χ1v) is 4.94. The van der Waals surface area contributed by atoms with Crippen molar-refractivity contribution in [2.45, 2.75) is 19.4 Å². The van der Waals surface area contributed by atoms with Gasteiger partial charge in [0.2, 0.25) is 0 Å². The Labute approximate surface area is 93.0 Å². The van der Waals surface area contributed by atoms with Gasteiger partial charge in [0.15, 0.2) is 0 Å². The first kappa shape index (κ1) is 11.9. The summed E-state index contributed by atoms with van der Waals surface area (Å²) in [6, 6.07) is 4.49. The molecule has 1 unspecified atom stereocenters. The standard InChI is InChI=1S/C10H12ClNO3/c1-3-10(15-2)8-6-7(11)4-5-9(8)12(13)14/h4-6,10H,3H2,1-2H3. The molecule has 0 spiro atoms. The van der Waals surface area contributed by atoms with Gasteiger partial charge in [0.1, 0.15) is 0 Å². The van der Waals surface area contributed by atoms with Crippen LogP contribution in [0, 0.1) is 10.1 Å². The van der Waals surface area contributed by atoms with Crippen LogP contribution in [0.4, 0.5) is 5.69 Å². The summed E-state index contributed by atoms with van der Waals surface area (Å²) < 4.78 is 5.17. The van der Waals surface area contributed by atoms with Crippen LogP contribution < -0.4 is 0 Å². The Hall–Kier alpha value is -1.13. The predicted octanol–water partition coefficient (Wildman–Crippen LogP) is 3.35. The lowest BCUT2D eigenvalue weighted by molar-refractivity contribution is -0.386. The molecule has 0 aliphatic rings. The third-order valence-corrected chi connectivity index (χ3v) is 2.42. The van der Waals surface area contributed by atoms with Gasteiger partial charge >= 0.3 is 0 Å². The molecule has 5 heteroatoms. The number of ether oxygens (including phenoxy) is 1. The topological polar surface area (TPSA) is 52.4 Å². The lowest BCUT2D eigenvalue weighted by Crippen LogP contribution is -2.04. The van der Waals surface area contributed by atoms with Crippen molar-refractivity contribution in [3.8, 4) is 0 Å². The maximum Gasteiger partial charge on any atom is 0.275 e. The number of hydrogen-bond donors (Lipinski definition) is 0. The van der Waals surface area contributed by atoms with Gasteiger partial charge in [-0.3, -0.25) is 10.1 Å². The van der Waals surface area contributed by atoms with Crippen molar-refractivity contribution in [2.75, 3.05) is 7.11 Å². The number of hydrogen-bond acceptors (Lipinski definition) is 3. The van der Waals surface area contributed by atoms with Crippen LogP contribution in [0.15, 0.2) is 18.2 Å². The van der Waals surface area contributed by atoms with Crippen molar-refractivity contribution in [3.05, 3.63) is 38.9 Å². The number of nitro benzene ring substituents is 1. The minimum Gasteiger partial charge on any atom is -0.377 e. The van der Waals surface area contributed by atoms with E-state index in [4.69, 9.17) is 16.3 Å². The Kier molecular flexibility index (Phi) is 4.05. The second-order valence-electron chi connectivity index (χ2n) is 3.09. The van der Waals surface area contributed by atoms with E-state index >= 15 is 0 Å². The molecule has 1 rings (SSSR count). The van der Waals surface area contributed by atoms with Crippen LogP contribution in [0.25, 0.3) is 0 Å². The zero-order valence-electron chi connectivity index (χ0n) is 8.57. The van der Waals surface area contributed by atoms with Crippen LogP contribution in [-0.2, 0) is 4.74 Å². The molecule has 0 aliphatic carbocycles. The third kappa shape index (κ3) is 2.67. The molecule has 0 radical (unpaired) electrons. The molecular formula is C10H12ClNO3. The Morgan fingerprint density at radius 2 is 2.27 bits per heavy atom. The average Bonchev–Trinajstić information content (AvgIpc) is 2.19. The monoisotopic (exact) mass is 229 g/mol. The second kappa shape index (κ2) is 5.09.